The summed E-state index contributed by atoms with van der Waals surface area (Å²) < 4.78 is 1.71. The Hall–Kier alpha value is -1.50. The number of carbonyl (C=O) groups is 1. The second-order valence-corrected chi connectivity index (χ2v) is 3.52. The summed E-state index contributed by atoms with van der Waals surface area (Å²) in [6.07, 6.45) is 0.948. The van der Waals surface area contributed by atoms with Crippen LogP contribution in [0.1, 0.15) is 26.1 Å². The summed E-state index contributed by atoms with van der Waals surface area (Å²) in [5.74, 6) is -0.124. The van der Waals surface area contributed by atoms with Gasteiger partial charge < -0.3 is 5.11 Å². The Morgan fingerprint density at radius 3 is 2.81 bits per heavy atom. The number of tetrazole rings is 1. The Morgan fingerprint density at radius 2 is 2.25 bits per heavy atom. The van der Waals surface area contributed by atoms with Crippen molar-refractivity contribution in [2.75, 3.05) is 13.1 Å². The molecule has 16 heavy (non-hydrogen) atoms. The number of aliphatic carboxylic acids is 1. The van der Waals surface area contributed by atoms with Crippen molar-refractivity contribution in [2.45, 2.75) is 33.4 Å². The van der Waals surface area contributed by atoms with Gasteiger partial charge in [0, 0.05) is 6.54 Å². The minimum absolute atomic E-state index is 0.00941. The summed E-state index contributed by atoms with van der Waals surface area (Å²) in [4.78, 5) is 12.4. The van der Waals surface area contributed by atoms with Gasteiger partial charge in [-0.2, -0.15) is 0 Å². The largest absolute Gasteiger partial charge is 0.480 e. The van der Waals surface area contributed by atoms with Crippen LogP contribution >= 0.6 is 0 Å². The Bertz CT molecular complexity index is 338. The van der Waals surface area contributed by atoms with Crippen molar-refractivity contribution in [2.24, 2.45) is 0 Å². The summed E-state index contributed by atoms with van der Waals surface area (Å²) in [6, 6.07) is 0. The summed E-state index contributed by atoms with van der Waals surface area (Å²) in [6.45, 7) is 5.85. The third kappa shape index (κ3) is 3.58. The summed E-state index contributed by atoms with van der Waals surface area (Å²) in [5.41, 5.74) is 0. The lowest BCUT2D eigenvalue weighted by atomic mass is 10.4. The van der Waals surface area contributed by atoms with Crippen LogP contribution in [0.25, 0.3) is 0 Å². The zero-order chi connectivity index (χ0) is 12.0. The van der Waals surface area contributed by atoms with E-state index in [1.54, 1.807) is 9.58 Å². The summed E-state index contributed by atoms with van der Waals surface area (Å²) in [5, 5.41) is 20.1. The van der Waals surface area contributed by atoms with Gasteiger partial charge in [0.25, 0.3) is 0 Å². The molecular formula is C9H17N5O2. The Kier molecular flexibility index (Phi) is 4.84. The molecule has 1 heterocycles. The average molecular weight is 227 g/mol. The van der Waals surface area contributed by atoms with Crippen molar-refractivity contribution in [3.8, 4) is 0 Å². The van der Waals surface area contributed by atoms with Crippen molar-refractivity contribution >= 4 is 5.97 Å². The second-order valence-electron chi connectivity index (χ2n) is 3.52. The first-order chi connectivity index (χ1) is 7.67. The van der Waals surface area contributed by atoms with Gasteiger partial charge in [-0.25, -0.2) is 4.68 Å². The molecule has 0 bridgehead atoms. The van der Waals surface area contributed by atoms with Crippen molar-refractivity contribution in [1.29, 1.82) is 0 Å². The smallest absolute Gasteiger partial charge is 0.317 e. The van der Waals surface area contributed by atoms with Crippen LogP contribution in [-0.4, -0.2) is 49.3 Å². The minimum Gasteiger partial charge on any atom is -0.480 e. The Morgan fingerprint density at radius 1 is 1.50 bits per heavy atom. The first-order valence-corrected chi connectivity index (χ1v) is 5.36. The lowest BCUT2D eigenvalue weighted by Gasteiger charge is -2.16. The van der Waals surface area contributed by atoms with Gasteiger partial charge in [-0.05, 0) is 23.4 Å². The Labute approximate surface area is 94.0 Å². The number of hydrogen-bond acceptors (Lipinski definition) is 5. The van der Waals surface area contributed by atoms with Crippen molar-refractivity contribution in [1.82, 2.24) is 25.1 Å². The van der Waals surface area contributed by atoms with Gasteiger partial charge in [-0.3, -0.25) is 9.69 Å². The molecule has 0 aromatic carbocycles. The van der Waals surface area contributed by atoms with E-state index in [1.165, 1.54) is 0 Å². The van der Waals surface area contributed by atoms with Crippen molar-refractivity contribution in [3.63, 3.8) is 0 Å². The lowest BCUT2D eigenvalue weighted by molar-refractivity contribution is -0.138. The predicted molar refractivity (Wildman–Crippen MR) is 56.7 cm³/mol. The molecule has 7 nitrogen and oxygen atoms in total. The molecule has 1 aromatic rings. The fraction of sp³-hybridized carbons (Fsp3) is 0.778. The van der Waals surface area contributed by atoms with Gasteiger partial charge in [0.05, 0.1) is 13.1 Å². The number of aromatic nitrogens is 4. The molecule has 0 aliphatic heterocycles. The fourth-order valence-corrected chi connectivity index (χ4v) is 1.39. The third-order valence-electron chi connectivity index (χ3n) is 2.21. The maximum absolute atomic E-state index is 10.6. The first kappa shape index (κ1) is 12.6. The van der Waals surface area contributed by atoms with E-state index in [4.69, 9.17) is 5.11 Å². The monoisotopic (exact) mass is 227 g/mol. The normalized spacial score (nSPS) is 10.9. The van der Waals surface area contributed by atoms with Crippen LogP contribution in [-0.2, 0) is 17.9 Å². The number of hydrogen-bond donors (Lipinski definition) is 1. The van der Waals surface area contributed by atoms with Crippen LogP contribution in [0, 0.1) is 0 Å². The second kappa shape index (κ2) is 6.16. The minimum atomic E-state index is -0.837. The predicted octanol–water partition coefficient (Wildman–Crippen LogP) is -0.0104. The zero-order valence-corrected chi connectivity index (χ0v) is 9.63. The molecule has 1 N–H and O–H groups in total. The SMILES string of the molecule is CCCn1nnnc1CN(CC)CC(=O)O. The summed E-state index contributed by atoms with van der Waals surface area (Å²) in [7, 11) is 0. The molecule has 0 unspecified atom stereocenters. The van der Waals surface area contributed by atoms with Gasteiger partial charge >= 0.3 is 5.97 Å². The molecule has 0 atom stereocenters. The van der Waals surface area contributed by atoms with Crippen molar-refractivity contribution < 1.29 is 9.90 Å². The van der Waals surface area contributed by atoms with Gasteiger partial charge in [0.1, 0.15) is 0 Å². The van der Waals surface area contributed by atoms with Gasteiger partial charge in [0.15, 0.2) is 5.82 Å². The van der Waals surface area contributed by atoms with Crippen LogP contribution in [0.3, 0.4) is 0 Å². The highest BCUT2D eigenvalue weighted by Crippen LogP contribution is 2.00. The van der Waals surface area contributed by atoms with E-state index in [0.717, 1.165) is 13.0 Å². The van der Waals surface area contributed by atoms with Crippen LogP contribution in [0.15, 0.2) is 0 Å². The molecule has 0 spiro atoms. The maximum atomic E-state index is 10.6. The topological polar surface area (TPSA) is 84.1 Å². The molecule has 0 fully saturated rings. The third-order valence-corrected chi connectivity index (χ3v) is 2.21. The number of rotatable bonds is 7. The van der Waals surface area contributed by atoms with E-state index < -0.39 is 5.97 Å². The van der Waals surface area contributed by atoms with Gasteiger partial charge in [0.2, 0.25) is 0 Å². The van der Waals surface area contributed by atoms with Gasteiger partial charge in [-0.15, -0.1) is 5.10 Å². The number of carboxylic acids is 1. The van der Waals surface area contributed by atoms with E-state index in [0.29, 0.717) is 18.9 Å². The highest BCUT2D eigenvalue weighted by Gasteiger charge is 2.12. The van der Waals surface area contributed by atoms with Crippen molar-refractivity contribution in [3.05, 3.63) is 5.82 Å². The molecule has 0 saturated carbocycles. The van der Waals surface area contributed by atoms with E-state index in [2.05, 4.69) is 15.5 Å². The van der Waals surface area contributed by atoms with E-state index in [-0.39, 0.29) is 6.54 Å². The number of carboxylic acid groups (broad SMARTS) is 1. The molecular weight excluding hydrogens is 210 g/mol. The first-order valence-electron chi connectivity index (χ1n) is 5.36. The van der Waals surface area contributed by atoms with Crippen LogP contribution in [0.5, 0.6) is 0 Å². The summed E-state index contributed by atoms with van der Waals surface area (Å²) >= 11 is 0. The molecule has 0 amide bonds. The molecule has 0 saturated heterocycles. The van der Waals surface area contributed by atoms with Crippen LogP contribution < -0.4 is 0 Å². The molecule has 1 rings (SSSR count). The lowest BCUT2D eigenvalue weighted by Crippen LogP contribution is -2.30. The maximum Gasteiger partial charge on any atom is 0.317 e. The highest BCUT2D eigenvalue weighted by molar-refractivity contribution is 5.69. The van der Waals surface area contributed by atoms with Gasteiger partial charge in [-0.1, -0.05) is 13.8 Å². The quantitative estimate of drug-likeness (QED) is 0.705. The average Bonchev–Trinajstić information content (AvgIpc) is 2.65. The molecule has 90 valence electrons. The highest BCUT2D eigenvalue weighted by atomic mass is 16.4. The van der Waals surface area contributed by atoms with E-state index >= 15 is 0 Å². The van der Waals surface area contributed by atoms with Crippen LogP contribution in [0.2, 0.25) is 0 Å². The number of aryl methyl sites for hydroxylation is 1. The number of likely N-dealkylation sites (N-methyl/N-ethyl adjacent to an activating group) is 1. The molecule has 0 radical (unpaired) electrons. The molecule has 0 aliphatic rings. The molecule has 7 heteroatoms. The van der Waals surface area contributed by atoms with E-state index in [9.17, 15) is 4.79 Å². The standard InChI is InChI=1S/C9H17N5O2/c1-3-5-14-8(10-11-12-14)6-13(4-2)7-9(15)16/h3-7H2,1-2H3,(H,15,16). The zero-order valence-electron chi connectivity index (χ0n) is 9.63. The fourth-order valence-electron chi connectivity index (χ4n) is 1.39. The van der Waals surface area contributed by atoms with Crippen LogP contribution in [0.4, 0.5) is 0 Å². The molecule has 1 aromatic heterocycles. The molecule has 0 aliphatic carbocycles. The Balaban J connectivity index is 2.62. The number of nitrogens with zero attached hydrogens (tertiary/aromatic N) is 5. The van der Waals surface area contributed by atoms with E-state index in [1.807, 2.05) is 13.8 Å².